The number of nitrogens with one attached hydrogen (secondary N) is 1. The van der Waals surface area contributed by atoms with E-state index in [1.807, 2.05) is 24.3 Å². The number of aromatic nitrogens is 3. The lowest BCUT2D eigenvalue weighted by Gasteiger charge is -2.17. The fourth-order valence-corrected chi connectivity index (χ4v) is 2.68. The fraction of sp³-hybridized carbons (Fsp3) is 0.500. The Morgan fingerprint density at radius 2 is 1.94 bits per heavy atom. The van der Waals surface area contributed by atoms with Gasteiger partial charge < -0.3 is 5.32 Å². The van der Waals surface area contributed by atoms with E-state index in [9.17, 15) is 0 Å². The molecule has 2 aromatic rings. The van der Waals surface area contributed by atoms with Gasteiger partial charge in [0, 0.05) is 6.04 Å². The first-order valence-electron chi connectivity index (χ1n) is 6.48. The average molecular weight is 242 g/mol. The van der Waals surface area contributed by atoms with Crippen LogP contribution in [0.4, 0.5) is 5.95 Å². The minimum absolute atomic E-state index is 0.432. The van der Waals surface area contributed by atoms with Crippen molar-refractivity contribution in [2.75, 3.05) is 5.32 Å². The molecule has 0 bridgehead atoms. The van der Waals surface area contributed by atoms with Gasteiger partial charge in [-0.3, -0.25) is 0 Å². The Bertz CT molecular complexity index is 564. The summed E-state index contributed by atoms with van der Waals surface area (Å²) in [6.45, 7) is 4.63. The third-order valence-corrected chi connectivity index (χ3v) is 3.66. The first-order chi connectivity index (χ1) is 8.62. The molecule has 3 rings (SSSR count). The summed E-state index contributed by atoms with van der Waals surface area (Å²) >= 11 is 0. The van der Waals surface area contributed by atoms with Crippen molar-refractivity contribution in [3.63, 3.8) is 0 Å². The molecule has 1 heterocycles. The Morgan fingerprint density at radius 1 is 1.17 bits per heavy atom. The average Bonchev–Trinajstić information content (AvgIpc) is 2.68. The second-order valence-corrected chi connectivity index (χ2v) is 5.87. The van der Waals surface area contributed by atoms with Crippen molar-refractivity contribution in [2.45, 2.75) is 39.2 Å². The summed E-state index contributed by atoms with van der Waals surface area (Å²) in [5.74, 6) is 0.649. The summed E-state index contributed by atoms with van der Waals surface area (Å²) in [6.07, 6.45) is 3.61. The van der Waals surface area contributed by atoms with E-state index < -0.39 is 0 Å². The van der Waals surface area contributed by atoms with Crippen LogP contribution in [0.2, 0.25) is 0 Å². The van der Waals surface area contributed by atoms with E-state index in [1.165, 1.54) is 19.3 Å². The minimum Gasteiger partial charge on any atom is -0.350 e. The van der Waals surface area contributed by atoms with Crippen molar-refractivity contribution >= 4 is 17.0 Å². The molecule has 1 atom stereocenters. The fourth-order valence-electron chi connectivity index (χ4n) is 2.68. The van der Waals surface area contributed by atoms with E-state index in [0.717, 1.165) is 11.0 Å². The number of benzene rings is 1. The molecule has 0 spiro atoms. The zero-order valence-corrected chi connectivity index (χ0v) is 10.8. The van der Waals surface area contributed by atoms with E-state index in [2.05, 4.69) is 34.3 Å². The predicted molar refractivity (Wildman–Crippen MR) is 72.4 cm³/mol. The van der Waals surface area contributed by atoms with Crippen molar-refractivity contribution in [3.8, 4) is 0 Å². The topological polar surface area (TPSA) is 50.7 Å². The second kappa shape index (κ2) is 4.19. The quantitative estimate of drug-likeness (QED) is 0.879. The van der Waals surface area contributed by atoms with Crippen LogP contribution in [0.3, 0.4) is 0 Å². The highest BCUT2D eigenvalue weighted by Gasteiger charge is 2.31. The summed E-state index contributed by atoms with van der Waals surface area (Å²) in [5.41, 5.74) is 2.17. The third-order valence-electron chi connectivity index (χ3n) is 3.66. The second-order valence-electron chi connectivity index (χ2n) is 5.87. The molecule has 1 aromatic carbocycles. The van der Waals surface area contributed by atoms with Crippen LogP contribution in [0.15, 0.2) is 24.3 Å². The number of hydrogen-bond acceptors (Lipinski definition) is 4. The van der Waals surface area contributed by atoms with Gasteiger partial charge >= 0.3 is 0 Å². The highest BCUT2D eigenvalue weighted by molar-refractivity contribution is 5.74. The lowest BCUT2D eigenvalue weighted by atomic mass is 9.92. The van der Waals surface area contributed by atoms with Gasteiger partial charge in [0.05, 0.1) is 5.52 Å². The minimum atomic E-state index is 0.432. The molecular weight excluding hydrogens is 224 g/mol. The van der Waals surface area contributed by atoms with Crippen LogP contribution in [-0.2, 0) is 0 Å². The number of hydrogen-bond donors (Lipinski definition) is 1. The van der Waals surface area contributed by atoms with Crippen LogP contribution >= 0.6 is 0 Å². The first kappa shape index (κ1) is 11.4. The lowest BCUT2D eigenvalue weighted by molar-refractivity contribution is 0.378. The summed E-state index contributed by atoms with van der Waals surface area (Å²) < 4.78 is 0. The summed E-state index contributed by atoms with van der Waals surface area (Å²) in [6, 6.07) is 8.29. The van der Waals surface area contributed by atoms with Crippen LogP contribution in [-0.4, -0.2) is 21.2 Å². The maximum absolute atomic E-state index is 4.50. The summed E-state index contributed by atoms with van der Waals surface area (Å²) in [7, 11) is 0. The molecule has 1 N–H and O–H groups in total. The molecule has 0 radical (unpaired) electrons. The van der Waals surface area contributed by atoms with Gasteiger partial charge in [0.25, 0.3) is 0 Å². The van der Waals surface area contributed by atoms with Crippen LogP contribution < -0.4 is 5.32 Å². The molecule has 1 aromatic heterocycles. The van der Waals surface area contributed by atoms with Gasteiger partial charge in [-0.15, -0.1) is 10.2 Å². The van der Waals surface area contributed by atoms with Crippen molar-refractivity contribution in [1.82, 2.24) is 15.2 Å². The van der Waals surface area contributed by atoms with Gasteiger partial charge in [-0.25, -0.2) is 4.98 Å². The predicted octanol–water partition coefficient (Wildman–Crippen LogP) is 3.02. The normalized spacial score (nSPS) is 22.2. The highest BCUT2D eigenvalue weighted by Crippen LogP contribution is 2.37. The smallest absolute Gasteiger partial charge is 0.243 e. The van der Waals surface area contributed by atoms with E-state index in [4.69, 9.17) is 0 Å². The molecule has 1 aliphatic carbocycles. The molecule has 1 unspecified atom stereocenters. The van der Waals surface area contributed by atoms with Gasteiger partial charge in [-0.2, -0.15) is 0 Å². The van der Waals surface area contributed by atoms with Gasteiger partial charge in [0.1, 0.15) is 5.52 Å². The van der Waals surface area contributed by atoms with E-state index in [0.29, 0.717) is 17.4 Å². The van der Waals surface area contributed by atoms with Crippen LogP contribution in [0, 0.1) is 5.41 Å². The molecule has 0 saturated heterocycles. The molecule has 1 fully saturated rings. The lowest BCUT2D eigenvalue weighted by Crippen LogP contribution is -2.19. The molecule has 94 valence electrons. The standard InChI is InChI=1S/C14H18N4/c1-14(2)8-7-10(9-14)15-13-16-11-5-3-4-6-12(11)17-18-13/h3-6,10H,7-9H2,1-2H3,(H,15,16,18). The third kappa shape index (κ3) is 2.28. The first-order valence-corrected chi connectivity index (χ1v) is 6.48. The summed E-state index contributed by atoms with van der Waals surface area (Å²) in [5, 5.41) is 11.7. The largest absolute Gasteiger partial charge is 0.350 e. The van der Waals surface area contributed by atoms with Crippen LogP contribution in [0.25, 0.3) is 11.0 Å². The Hall–Kier alpha value is -1.71. The molecule has 1 saturated carbocycles. The van der Waals surface area contributed by atoms with E-state index in [-0.39, 0.29) is 0 Å². The molecule has 0 amide bonds. The van der Waals surface area contributed by atoms with Crippen molar-refractivity contribution < 1.29 is 0 Å². The van der Waals surface area contributed by atoms with Gasteiger partial charge in [-0.1, -0.05) is 26.0 Å². The zero-order valence-electron chi connectivity index (χ0n) is 10.8. The van der Waals surface area contributed by atoms with Gasteiger partial charge in [0.15, 0.2) is 0 Å². The Kier molecular flexibility index (Phi) is 2.65. The molecule has 4 heteroatoms. The number of rotatable bonds is 2. The Morgan fingerprint density at radius 3 is 2.67 bits per heavy atom. The highest BCUT2D eigenvalue weighted by atomic mass is 15.2. The van der Waals surface area contributed by atoms with Gasteiger partial charge in [0.2, 0.25) is 5.95 Å². The molecule has 18 heavy (non-hydrogen) atoms. The number of para-hydroxylation sites is 1. The monoisotopic (exact) mass is 242 g/mol. The number of anilines is 1. The van der Waals surface area contributed by atoms with Crippen LogP contribution in [0.5, 0.6) is 0 Å². The van der Waals surface area contributed by atoms with E-state index >= 15 is 0 Å². The molecule has 1 aliphatic rings. The maximum atomic E-state index is 4.50. The van der Waals surface area contributed by atoms with Crippen molar-refractivity contribution in [2.24, 2.45) is 5.41 Å². The molecule has 0 aliphatic heterocycles. The van der Waals surface area contributed by atoms with Crippen molar-refractivity contribution in [1.29, 1.82) is 0 Å². The number of nitrogens with zero attached hydrogens (tertiary/aromatic N) is 3. The maximum Gasteiger partial charge on any atom is 0.243 e. The van der Waals surface area contributed by atoms with Gasteiger partial charge in [-0.05, 0) is 36.8 Å². The molecule has 4 nitrogen and oxygen atoms in total. The Balaban J connectivity index is 1.79. The van der Waals surface area contributed by atoms with E-state index in [1.54, 1.807) is 0 Å². The zero-order chi connectivity index (χ0) is 12.6. The Labute approximate surface area is 107 Å². The number of fused-ring (bicyclic) bond motifs is 1. The van der Waals surface area contributed by atoms with Crippen molar-refractivity contribution in [3.05, 3.63) is 24.3 Å². The molecular formula is C14H18N4. The SMILES string of the molecule is CC1(C)CCC(Nc2nnc3ccccc3n2)C1. The summed E-state index contributed by atoms with van der Waals surface area (Å²) in [4.78, 5) is 4.50. The van der Waals surface area contributed by atoms with Crippen LogP contribution in [0.1, 0.15) is 33.1 Å².